The second-order valence-electron chi connectivity index (χ2n) is 8.32. The first-order valence-electron chi connectivity index (χ1n) is 10.6. The van der Waals surface area contributed by atoms with Gasteiger partial charge in [0.2, 0.25) is 14.2 Å². The van der Waals surface area contributed by atoms with Crippen LogP contribution in [0.5, 0.6) is 0 Å². The average Bonchev–Trinajstić information content (AvgIpc) is 3.29. The summed E-state index contributed by atoms with van der Waals surface area (Å²) < 4.78 is 32.0. The summed E-state index contributed by atoms with van der Waals surface area (Å²) in [6.07, 6.45) is 3.40. The Kier molecular flexibility index (Phi) is 5.39. The number of nitrogens with two attached hydrogens (primary N) is 1. The van der Waals surface area contributed by atoms with Crippen LogP contribution in [0.25, 0.3) is 11.4 Å². The van der Waals surface area contributed by atoms with Gasteiger partial charge in [0.1, 0.15) is 10.6 Å². The van der Waals surface area contributed by atoms with Gasteiger partial charge in [-0.05, 0) is 50.5 Å². The summed E-state index contributed by atoms with van der Waals surface area (Å²) >= 11 is 1.15. The third kappa shape index (κ3) is 3.46. The zero-order valence-electron chi connectivity index (χ0n) is 17.8. The molecule has 0 radical (unpaired) electrons. The Morgan fingerprint density at radius 2 is 2.00 bits per heavy atom. The van der Waals surface area contributed by atoms with Gasteiger partial charge >= 0.3 is 0 Å². The lowest BCUT2D eigenvalue weighted by Gasteiger charge is -2.40. The molecular formula is C22H25N5O3S2. The molecular weight excluding hydrogens is 446 g/mol. The maximum atomic E-state index is 13.7. The van der Waals surface area contributed by atoms with Gasteiger partial charge in [0.05, 0.1) is 24.9 Å². The van der Waals surface area contributed by atoms with Gasteiger partial charge in [-0.2, -0.15) is 0 Å². The zero-order valence-corrected chi connectivity index (χ0v) is 19.4. The van der Waals surface area contributed by atoms with Crippen molar-refractivity contribution in [3.05, 3.63) is 47.6 Å². The van der Waals surface area contributed by atoms with E-state index in [0.29, 0.717) is 49.8 Å². The van der Waals surface area contributed by atoms with Crippen molar-refractivity contribution in [3.8, 4) is 11.4 Å². The van der Waals surface area contributed by atoms with E-state index in [-0.39, 0.29) is 10.4 Å². The number of hydrogen-bond acceptors (Lipinski definition) is 9. The fourth-order valence-electron chi connectivity index (χ4n) is 4.31. The number of ether oxygens (including phenoxy) is 1. The number of aromatic nitrogens is 3. The van der Waals surface area contributed by atoms with Crippen molar-refractivity contribution < 1.29 is 13.2 Å². The predicted molar refractivity (Wildman–Crippen MR) is 124 cm³/mol. The van der Waals surface area contributed by atoms with Gasteiger partial charge in [-0.3, -0.25) is 0 Å². The van der Waals surface area contributed by atoms with Crippen LogP contribution in [-0.4, -0.2) is 49.2 Å². The minimum absolute atomic E-state index is 0.124. The quantitative estimate of drug-likeness (QED) is 0.565. The molecule has 8 nitrogen and oxygen atoms in total. The summed E-state index contributed by atoms with van der Waals surface area (Å²) in [5, 5.41) is 1.69. The molecule has 2 N–H and O–H groups in total. The molecule has 1 saturated carbocycles. The monoisotopic (exact) mass is 471 g/mol. The lowest BCUT2D eigenvalue weighted by molar-refractivity contribution is 0.0985. The van der Waals surface area contributed by atoms with Gasteiger partial charge in [0.15, 0.2) is 5.82 Å². The molecule has 0 unspecified atom stereocenters. The van der Waals surface area contributed by atoms with Crippen molar-refractivity contribution in [2.75, 3.05) is 30.4 Å². The van der Waals surface area contributed by atoms with E-state index >= 15 is 0 Å². The molecule has 3 heterocycles. The number of hydrogen-bond donors (Lipinski definition) is 1. The topological polar surface area (TPSA) is 111 Å². The van der Waals surface area contributed by atoms with Crippen LogP contribution in [0.15, 0.2) is 46.2 Å². The molecule has 0 spiro atoms. The number of rotatable bonds is 5. The van der Waals surface area contributed by atoms with E-state index in [9.17, 15) is 8.42 Å². The van der Waals surface area contributed by atoms with E-state index in [1.807, 2.05) is 18.2 Å². The molecule has 2 aliphatic rings. The van der Waals surface area contributed by atoms with Crippen LogP contribution in [0.2, 0.25) is 0 Å². The number of nitrogens with zero attached hydrogens (tertiary/aromatic N) is 4. The number of morpholine rings is 1. The summed E-state index contributed by atoms with van der Waals surface area (Å²) in [6.45, 7) is 3.96. The highest BCUT2D eigenvalue weighted by molar-refractivity contribution is 7.94. The molecule has 168 valence electrons. The van der Waals surface area contributed by atoms with Gasteiger partial charge < -0.3 is 15.4 Å². The van der Waals surface area contributed by atoms with Crippen molar-refractivity contribution >= 4 is 32.7 Å². The van der Waals surface area contributed by atoms with Crippen LogP contribution in [-0.2, 0) is 19.3 Å². The lowest BCUT2D eigenvalue weighted by Crippen LogP contribution is -2.46. The molecule has 0 bridgehead atoms. The Balaban J connectivity index is 1.68. The fraction of sp³-hybridized carbons (Fsp3) is 0.409. The predicted octanol–water partition coefficient (Wildman–Crippen LogP) is 3.26. The van der Waals surface area contributed by atoms with E-state index in [4.69, 9.17) is 20.4 Å². The van der Waals surface area contributed by atoms with Crippen molar-refractivity contribution in [2.45, 2.75) is 41.3 Å². The Morgan fingerprint density at radius 3 is 2.62 bits per heavy atom. The average molecular weight is 472 g/mol. The van der Waals surface area contributed by atoms with Crippen LogP contribution in [0.1, 0.15) is 31.9 Å². The molecule has 1 aromatic carbocycles. The van der Waals surface area contributed by atoms with E-state index in [1.165, 1.54) is 6.20 Å². The lowest BCUT2D eigenvalue weighted by atomic mass is 9.81. The van der Waals surface area contributed by atoms with Gasteiger partial charge in [-0.25, -0.2) is 23.4 Å². The fourth-order valence-corrected chi connectivity index (χ4v) is 7.57. The Bertz CT molecular complexity index is 1210. The largest absolute Gasteiger partial charge is 0.399 e. The van der Waals surface area contributed by atoms with Crippen LogP contribution < -0.4 is 10.6 Å². The number of thiazole rings is 1. The highest BCUT2D eigenvalue weighted by Gasteiger charge is 2.53. The Labute approximate surface area is 191 Å². The molecule has 32 heavy (non-hydrogen) atoms. The Hall–Kier alpha value is -2.56. The first-order chi connectivity index (χ1) is 15.4. The van der Waals surface area contributed by atoms with Gasteiger partial charge in [-0.1, -0.05) is 0 Å². The first kappa shape index (κ1) is 21.3. The van der Waals surface area contributed by atoms with Gasteiger partial charge in [-0.15, -0.1) is 11.3 Å². The highest BCUT2D eigenvalue weighted by atomic mass is 32.2. The molecule has 1 aliphatic heterocycles. The second-order valence-corrected chi connectivity index (χ2v) is 11.7. The third-order valence-corrected chi connectivity index (χ3v) is 10.0. The minimum Gasteiger partial charge on any atom is -0.399 e. The second kappa shape index (κ2) is 8.09. The standard InChI is InChI=1S/C22H25N5O3S2/c1-15-14-30-11-10-27(15)19-13-18(25-20(26-19)16-3-5-17(23)6-4-16)22(7-2-8-22)32(28,29)21-24-9-12-31-21/h3-6,9,12-13,15H,2,7-8,10-11,14,23H2,1H3/t15-/m0/s1. The highest BCUT2D eigenvalue weighted by Crippen LogP contribution is 2.51. The molecule has 1 saturated heterocycles. The molecule has 5 rings (SSSR count). The van der Waals surface area contributed by atoms with Crippen LogP contribution in [0.4, 0.5) is 11.5 Å². The summed E-state index contributed by atoms with van der Waals surface area (Å²) in [5.41, 5.74) is 7.84. The summed E-state index contributed by atoms with van der Waals surface area (Å²) in [7, 11) is -3.69. The van der Waals surface area contributed by atoms with Crippen molar-refractivity contribution in [3.63, 3.8) is 0 Å². The van der Waals surface area contributed by atoms with Gasteiger partial charge in [0, 0.05) is 35.4 Å². The molecule has 0 amide bonds. The van der Waals surface area contributed by atoms with Gasteiger partial charge in [0.25, 0.3) is 0 Å². The number of nitrogen functional groups attached to an aromatic ring is 1. The van der Waals surface area contributed by atoms with E-state index in [2.05, 4.69) is 16.8 Å². The smallest absolute Gasteiger partial charge is 0.216 e. The van der Waals surface area contributed by atoms with E-state index in [0.717, 1.165) is 29.1 Å². The first-order valence-corrected chi connectivity index (χ1v) is 13.0. The number of sulfone groups is 1. The molecule has 1 aliphatic carbocycles. The summed E-state index contributed by atoms with van der Waals surface area (Å²) in [5.74, 6) is 1.22. The SMILES string of the molecule is C[C@H]1COCCN1c1cc(C2(S(=O)(=O)c3nccs3)CCC2)nc(-c2ccc(N)cc2)n1. The number of benzene rings is 1. The molecule has 10 heteroatoms. The van der Waals surface area contributed by atoms with Crippen molar-refractivity contribution in [1.82, 2.24) is 15.0 Å². The minimum atomic E-state index is -3.69. The van der Waals surface area contributed by atoms with E-state index < -0.39 is 14.6 Å². The molecule has 1 atom stereocenters. The third-order valence-electron chi connectivity index (χ3n) is 6.33. The van der Waals surface area contributed by atoms with Crippen molar-refractivity contribution in [1.29, 1.82) is 0 Å². The van der Waals surface area contributed by atoms with Crippen LogP contribution in [0, 0.1) is 0 Å². The van der Waals surface area contributed by atoms with E-state index in [1.54, 1.807) is 17.5 Å². The Morgan fingerprint density at radius 1 is 1.22 bits per heavy atom. The van der Waals surface area contributed by atoms with Crippen LogP contribution in [0.3, 0.4) is 0 Å². The normalized spacial score (nSPS) is 20.7. The summed E-state index contributed by atoms with van der Waals surface area (Å²) in [6, 6.07) is 9.31. The van der Waals surface area contributed by atoms with Crippen molar-refractivity contribution in [2.24, 2.45) is 0 Å². The maximum Gasteiger partial charge on any atom is 0.216 e. The zero-order chi connectivity index (χ0) is 22.3. The van der Waals surface area contributed by atoms with Crippen LogP contribution >= 0.6 is 11.3 Å². The molecule has 2 aromatic heterocycles. The maximum absolute atomic E-state index is 13.7. The summed E-state index contributed by atoms with van der Waals surface area (Å²) in [4.78, 5) is 15.9. The number of anilines is 2. The molecule has 3 aromatic rings. The molecule has 2 fully saturated rings.